The molecule has 1 amide bonds. The van der Waals surface area contributed by atoms with Gasteiger partial charge in [0.2, 0.25) is 0 Å². The molecule has 0 spiro atoms. The lowest BCUT2D eigenvalue weighted by Gasteiger charge is -2.19. The second kappa shape index (κ2) is 6.55. The average Bonchev–Trinajstić information content (AvgIpc) is 1.98. The maximum absolute atomic E-state index is 10.4. The minimum absolute atomic E-state index is 0.319. The van der Waals surface area contributed by atoms with Crippen molar-refractivity contribution < 1.29 is 4.79 Å². The Balaban J connectivity index is 3.84. The van der Waals surface area contributed by atoms with Crippen LogP contribution in [0.3, 0.4) is 0 Å². The summed E-state index contributed by atoms with van der Waals surface area (Å²) in [5.41, 5.74) is -0.333. The molecule has 0 aromatic carbocycles. The van der Waals surface area contributed by atoms with Gasteiger partial charge in [-0.2, -0.15) is 0 Å². The Morgan fingerprint density at radius 2 is 2.08 bits per heavy atom. The van der Waals surface area contributed by atoms with Crippen molar-refractivity contribution in [2.45, 2.75) is 38.6 Å². The number of amides is 1. The van der Waals surface area contributed by atoms with Crippen molar-refractivity contribution in [2.75, 3.05) is 0 Å². The summed E-state index contributed by atoms with van der Waals surface area (Å²) in [6.45, 7) is 4.14. The highest BCUT2D eigenvalue weighted by molar-refractivity contribution is 6.63. The summed E-state index contributed by atoms with van der Waals surface area (Å²) >= 11 is 11.0. The topological polar surface area (TPSA) is 29.1 Å². The first-order chi connectivity index (χ1) is 5.61. The van der Waals surface area contributed by atoms with E-state index < -0.39 is 5.37 Å². The van der Waals surface area contributed by atoms with E-state index in [4.69, 9.17) is 23.2 Å². The lowest BCUT2D eigenvalue weighted by molar-refractivity contribution is 0.255. The fourth-order valence-electron chi connectivity index (χ4n) is 1.15. The van der Waals surface area contributed by atoms with Gasteiger partial charge in [-0.1, -0.05) is 38.3 Å². The molecule has 1 N–H and O–H groups in total. The number of rotatable bonds is 5. The molecule has 0 aromatic heterocycles. The van der Waals surface area contributed by atoms with Gasteiger partial charge in [0.25, 0.3) is 0 Å². The zero-order valence-electron chi connectivity index (χ0n) is 7.44. The standard InChI is InChI=1S/C8H15Cl2NO/c1-3-5-6(4-2)7(9)11-8(10)12/h6-7H,3-5H2,1-2H3,(H,11,12). The van der Waals surface area contributed by atoms with Crippen LogP contribution in [-0.2, 0) is 0 Å². The minimum atomic E-state index is -0.579. The molecule has 2 unspecified atom stereocenters. The Bertz CT molecular complexity index is 141. The highest BCUT2D eigenvalue weighted by Crippen LogP contribution is 2.18. The van der Waals surface area contributed by atoms with Gasteiger partial charge in [0.15, 0.2) is 0 Å². The van der Waals surface area contributed by atoms with Crippen LogP contribution in [0.1, 0.15) is 33.1 Å². The molecule has 0 bridgehead atoms. The Kier molecular flexibility index (Phi) is 6.58. The maximum Gasteiger partial charge on any atom is 0.314 e. The summed E-state index contributed by atoms with van der Waals surface area (Å²) in [4.78, 5) is 10.4. The normalized spacial score (nSPS) is 15.3. The van der Waals surface area contributed by atoms with Gasteiger partial charge in [0.1, 0.15) is 5.50 Å². The van der Waals surface area contributed by atoms with E-state index in [0.717, 1.165) is 19.3 Å². The third-order valence-electron chi connectivity index (χ3n) is 1.85. The summed E-state index contributed by atoms with van der Waals surface area (Å²) in [5, 5.41) is 1.89. The Labute approximate surface area is 83.6 Å². The quantitative estimate of drug-likeness (QED) is 0.422. The maximum atomic E-state index is 10.4. The first-order valence-electron chi connectivity index (χ1n) is 4.21. The van der Waals surface area contributed by atoms with E-state index in [-0.39, 0.29) is 5.50 Å². The second-order valence-corrected chi connectivity index (χ2v) is 3.59. The number of carbonyl (C=O) groups excluding carboxylic acids is 1. The fraction of sp³-hybridized carbons (Fsp3) is 0.875. The fourth-order valence-corrected chi connectivity index (χ4v) is 1.73. The molecule has 4 heteroatoms. The Morgan fingerprint density at radius 1 is 1.50 bits per heavy atom. The predicted octanol–water partition coefficient (Wildman–Crippen LogP) is 3.33. The number of alkyl halides is 1. The van der Waals surface area contributed by atoms with E-state index in [9.17, 15) is 4.79 Å². The van der Waals surface area contributed by atoms with E-state index >= 15 is 0 Å². The van der Waals surface area contributed by atoms with Gasteiger partial charge >= 0.3 is 5.37 Å². The molecule has 0 aliphatic rings. The summed E-state index contributed by atoms with van der Waals surface area (Å²) in [7, 11) is 0. The molecule has 0 aromatic rings. The largest absolute Gasteiger partial charge is 0.326 e. The van der Waals surface area contributed by atoms with Crippen molar-refractivity contribution in [3.8, 4) is 0 Å². The summed E-state index contributed by atoms with van der Waals surface area (Å²) in [6, 6.07) is 0. The van der Waals surface area contributed by atoms with Crippen molar-refractivity contribution in [1.82, 2.24) is 5.32 Å². The average molecular weight is 212 g/mol. The number of carbonyl (C=O) groups is 1. The van der Waals surface area contributed by atoms with Crippen LogP contribution < -0.4 is 5.32 Å². The highest BCUT2D eigenvalue weighted by atomic mass is 35.5. The van der Waals surface area contributed by atoms with Crippen LogP contribution in [0.4, 0.5) is 4.79 Å². The molecule has 72 valence electrons. The van der Waals surface area contributed by atoms with Crippen molar-refractivity contribution in [3.05, 3.63) is 0 Å². The first-order valence-corrected chi connectivity index (χ1v) is 5.03. The van der Waals surface area contributed by atoms with Gasteiger partial charge in [-0.25, -0.2) is 0 Å². The zero-order valence-corrected chi connectivity index (χ0v) is 8.95. The molecule has 0 rings (SSSR count). The second-order valence-electron chi connectivity index (χ2n) is 2.78. The molecule has 12 heavy (non-hydrogen) atoms. The van der Waals surface area contributed by atoms with Crippen LogP contribution in [0.15, 0.2) is 0 Å². The number of nitrogens with one attached hydrogen (secondary N) is 1. The van der Waals surface area contributed by atoms with E-state index in [1.807, 2.05) is 0 Å². The third-order valence-corrected chi connectivity index (χ3v) is 2.42. The summed E-state index contributed by atoms with van der Waals surface area (Å²) in [5.74, 6) is 0.319. The van der Waals surface area contributed by atoms with Crippen molar-refractivity contribution in [3.63, 3.8) is 0 Å². The molecule has 0 radical (unpaired) electrons. The van der Waals surface area contributed by atoms with Crippen LogP contribution in [-0.4, -0.2) is 10.9 Å². The molecule has 0 aliphatic heterocycles. The van der Waals surface area contributed by atoms with Crippen LogP contribution in [0, 0.1) is 5.92 Å². The smallest absolute Gasteiger partial charge is 0.314 e. The first kappa shape index (κ1) is 12.0. The van der Waals surface area contributed by atoms with Crippen molar-refractivity contribution in [1.29, 1.82) is 0 Å². The highest BCUT2D eigenvalue weighted by Gasteiger charge is 2.17. The molecule has 0 saturated heterocycles. The summed E-state index contributed by atoms with van der Waals surface area (Å²) < 4.78 is 0. The van der Waals surface area contributed by atoms with Crippen LogP contribution in [0.25, 0.3) is 0 Å². The monoisotopic (exact) mass is 211 g/mol. The van der Waals surface area contributed by atoms with Crippen LogP contribution in [0.2, 0.25) is 0 Å². The van der Waals surface area contributed by atoms with Gasteiger partial charge in [0.05, 0.1) is 0 Å². The van der Waals surface area contributed by atoms with Gasteiger partial charge in [0, 0.05) is 0 Å². The molecular formula is C8H15Cl2NO. The molecule has 2 nitrogen and oxygen atoms in total. The molecule has 0 heterocycles. The number of hydrogen-bond acceptors (Lipinski definition) is 1. The van der Waals surface area contributed by atoms with Crippen molar-refractivity contribution in [2.24, 2.45) is 5.92 Å². The van der Waals surface area contributed by atoms with E-state index in [1.54, 1.807) is 0 Å². The SMILES string of the molecule is CCCC(CC)C(Cl)NC(=O)Cl. The van der Waals surface area contributed by atoms with Crippen LogP contribution in [0.5, 0.6) is 0 Å². The number of halogens is 2. The molecular weight excluding hydrogens is 197 g/mol. The lowest BCUT2D eigenvalue weighted by atomic mass is 10.0. The molecule has 0 saturated carbocycles. The van der Waals surface area contributed by atoms with E-state index in [2.05, 4.69) is 19.2 Å². The predicted molar refractivity (Wildman–Crippen MR) is 52.7 cm³/mol. The van der Waals surface area contributed by atoms with Crippen LogP contribution >= 0.6 is 23.2 Å². The van der Waals surface area contributed by atoms with Gasteiger partial charge in [-0.3, -0.25) is 4.79 Å². The van der Waals surface area contributed by atoms with Gasteiger partial charge in [-0.15, -0.1) is 0 Å². The number of hydrogen-bond donors (Lipinski definition) is 1. The van der Waals surface area contributed by atoms with Gasteiger partial charge in [-0.05, 0) is 23.9 Å². The molecule has 0 aliphatic carbocycles. The molecule has 2 atom stereocenters. The van der Waals surface area contributed by atoms with E-state index in [0.29, 0.717) is 5.92 Å². The lowest BCUT2D eigenvalue weighted by Crippen LogP contribution is -2.32. The van der Waals surface area contributed by atoms with Gasteiger partial charge < -0.3 is 5.32 Å². The van der Waals surface area contributed by atoms with Crippen molar-refractivity contribution >= 4 is 28.6 Å². The molecule has 0 fully saturated rings. The zero-order chi connectivity index (χ0) is 9.56. The Morgan fingerprint density at radius 3 is 2.42 bits per heavy atom. The summed E-state index contributed by atoms with van der Waals surface area (Å²) in [6.07, 6.45) is 3.04. The third kappa shape index (κ3) is 4.83. The Hall–Kier alpha value is 0.0500. The minimum Gasteiger partial charge on any atom is -0.326 e. The van der Waals surface area contributed by atoms with E-state index in [1.165, 1.54) is 0 Å².